The second-order valence-corrected chi connectivity index (χ2v) is 6.09. The van der Waals surface area contributed by atoms with Gasteiger partial charge in [0.15, 0.2) is 0 Å². The molecule has 0 aliphatic heterocycles. The summed E-state index contributed by atoms with van der Waals surface area (Å²) < 4.78 is 18.2. The van der Waals surface area contributed by atoms with Crippen molar-refractivity contribution in [3.63, 3.8) is 0 Å². The van der Waals surface area contributed by atoms with Crippen LogP contribution in [0.1, 0.15) is 19.5 Å². The van der Waals surface area contributed by atoms with Crippen LogP contribution in [0.5, 0.6) is 0 Å². The van der Waals surface area contributed by atoms with Gasteiger partial charge in [-0.25, -0.2) is 9.37 Å². The SMILES string of the molecule is CC(C)C(SCc1coc(-c2ccc(F)cc2)n1)C(=O)O. The maximum atomic E-state index is 12.9. The van der Waals surface area contributed by atoms with Crippen molar-refractivity contribution < 1.29 is 18.7 Å². The third kappa shape index (κ3) is 4.07. The predicted molar refractivity (Wildman–Crippen MR) is 79.5 cm³/mol. The number of thioether (sulfide) groups is 1. The molecule has 1 aromatic carbocycles. The number of carbonyl (C=O) groups is 1. The number of halogens is 1. The summed E-state index contributed by atoms with van der Waals surface area (Å²) in [6.45, 7) is 3.75. The highest BCUT2D eigenvalue weighted by Crippen LogP contribution is 2.26. The molecule has 0 radical (unpaired) electrons. The molecule has 0 bridgehead atoms. The highest BCUT2D eigenvalue weighted by molar-refractivity contribution is 7.99. The number of carboxylic acid groups (broad SMARTS) is 1. The molecule has 0 aliphatic carbocycles. The molecule has 1 N–H and O–H groups in total. The molecule has 0 saturated heterocycles. The smallest absolute Gasteiger partial charge is 0.316 e. The number of oxazole rings is 1. The Morgan fingerprint density at radius 1 is 1.38 bits per heavy atom. The average molecular weight is 309 g/mol. The molecular formula is C15H16FNO3S. The summed E-state index contributed by atoms with van der Waals surface area (Å²) in [7, 11) is 0. The summed E-state index contributed by atoms with van der Waals surface area (Å²) in [5, 5.41) is 8.65. The topological polar surface area (TPSA) is 63.3 Å². The normalized spacial score (nSPS) is 12.6. The summed E-state index contributed by atoms with van der Waals surface area (Å²) in [6, 6.07) is 5.86. The van der Waals surface area contributed by atoms with E-state index in [2.05, 4.69) is 4.98 Å². The van der Waals surface area contributed by atoms with Crippen LogP contribution in [-0.2, 0) is 10.5 Å². The number of benzene rings is 1. The van der Waals surface area contributed by atoms with Gasteiger partial charge in [0, 0.05) is 11.3 Å². The van der Waals surface area contributed by atoms with E-state index in [1.54, 1.807) is 12.1 Å². The predicted octanol–water partition coefficient (Wildman–Crippen LogP) is 3.82. The second-order valence-electron chi connectivity index (χ2n) is 4.96. The molecule has 2 aromatic rings. The highest BCUT2D eigenvalue weighted by Gasteiger charge is 2.22. The van der Waals surface area contributed by atoms with E-state index < -0.39 is 11.2 Å². The third-order valence-electron chi connectivity index (χ3n) is 2.90. The van der Waals surface area contributed by atoms with E-state index in [4.69, 9.17) is 9.52 Å². The van der Waals surface area contributed by atoms with Gasteiger partial charge in [0.25, 0.3) is 0 Å². The summed E-state index contributed by atoms with van der Waals surface area (Å²) in [5.41, 5.74) is 1.36. The Balaban J connectivity index is 2.03. The fraction of sp³-hybridized carbons (Fsp3) is 0.333. The molecule has 4 nitrogen and oxygen atoms in total. The van der Waals surface area contributed by atoms with Crippen LogP contribution in [0.2, 0.25) is 0 Å². The molecule has 0 fully saturated rings. The first-order valence-electron chi connectivity index (χ1n) is 6.52. The fourth-order valence-electron chi connectivity index (χ4n) is 1.82. The first-order valence-corrected chi connectivity index (χ1v) is 7.57. The molecule has 1 unspecified atom stereocenters. The number of aliphatic carboxylic acids is 1. The monoisotopic (exact) mass is 309 g/mol. The van der Waals surface area contributed by atoms with Gasteiger partial charge < -0.3 is 9.52 Å². The molecule has 1 atom stereocenters. The average Bonchev–Trinajstić information content (AvgIpc) is 2.87. The van der Waals surface area contributed by atoms with E-state index in [1.807, 2.05) is 13.8 Å². The minimum Gasteiger partial charge on any atom is -0.480 e. The first-order chi connectivity index (χ1) is 9.97. The fourth-order valence-corrected chi connectivity index (χ4v) is 2.83. The van der Waals surface area contributed by atoms with Crippen LogP contribution in [0.3, 0.4) is 0 Å². The van der Waals surface area contributed by atoms with Crippen molar-refractivity contribution in [1.29, 1.82) is 0 Å². The number of rotatable bonds is 6. The van der Waals surface area contributed by atoms with Crippen LogP contribution in [0, 0.1) is 11.7 Å². The lowest BCUT2D eigenvalue weighted by Gasteiger charge is -2.14. The number of aromatic nitrogens is 1. The van der Waals surface area contributed by atoms with Gasteiger partial charge in [-0.2, -0.15) is 0 Å². The van der Waals surface area contributed by atoms with Crippen molar-refractivity contribution in [2.75, 3.05) is 0 Å². The van der Waals surface area contributed by atoms with E-state index >= 15 is 0 Å². The van der Waals surface area contributed by atoms with Gasteiger partial charge in [0.1, 0.15) is 17.3 Å². The molecule has 21 heavy (non-hydrogen) atoms. The number of hydrogen-bond donors (Lipinski definition) is 1. The molecule has 0 amide bonds. The van der Waals surface area contributed by atoms with Gasteiger partial charge in [0.05, 0.1) is 5.69 Å². The van der Waals surface area contributed by atoms with Gasteiger partial charge in [-0.15, -0.1) is 11.8 Å². The Morgan fingerprint density at radius 3 is 2.62 bits per heavy atom. The summed E-state index contributed by atoms with van der Waals surface area (Å²) in [4.78, 5) is 15.4. The third-order valence-corrected chi connectivity index (χ3v) is 4.47. The van der Waals surface area contributed by atoms with Crippen molar-refractivity contribution in [2.24, 2.45) is 5.92 Å². The zero-order chi connectivity index (χ0) is 15.4. The van der Waals surface area contributed by atoms with E-state index in [0.717, 1.165) is 0 Å². The summed E-state index contributed by atoms with van der Waals surface area (Å²) >= 11 is 1.32. The van der Waals surface area contributed by atoms with Gasteiger partial charge in [-0.3, -0.25) is 4.79 Å². The molecule has 6 heteroatoms. The molecule has 0 saturated carbocycles. The van der Waals surface area contributed by atoms with E-state index in [-0.39, 0.29) is 11.7 Å². The van der Waals surface area contributed by atoms with Crippen molar-refractivity contribution in [2.45, 2.75) is 24.9 Å². The van der Waals surface area contributed by atoms with Crippen LogP contribution in [-0.4, -0.2) is 21.3 Å². The Hall–Kier alpha value is -1.82. The van der Waals surface area contributed by atoms with E-state index in [9.17, 15) is 9.18 Å². The van der Waals surface area contributed by atoms with Crippen molar-refractivity contribution in [3.8, 4) is 11.5 Å². The van der Waals surface area contributed by atoms with Gasteiger partial charge >= 0.3 is 5.97 Å². The number of nitrogens with zero attached hydrogens (tertiary/aromatic N) is 1. The van der Waals surface area contributed by atoms with Gasteiger partial charge in [0.2, 0.25) is 5.89 Å². The van der Waals surface area contributed by atoms with Crippen molar-refractivity contribution in [1.82, 2.24) is 4.98 Å². The van der Waals surface area contributed by atoms with Gasteiger partial charge in [-0.1, -0.05) is 13.8 Å². The number of hydrogen-bond acceptors (Lipinski definition) is 4. The maximum absolute atomic E-state index is 12.9. The van der Waals surface area contributed by atoms with Crippen LogP contribution >= 0.6 is 11.8 Å². The summed E-state index contributed by atoms with van der Waals surface area (Å²) in [5.74, 6) is -0.239. The van der Waals surface area contributed by atoms with E-state index in [0.29, 0.717) is 22.9 Å². The molecule has 0 spiro atoms. The molecule has 112 valence electrons. The minimum atomic E-state index is -0.822. The first kappa shape index (κ1) is 15.6. The quantitative estimate of drug-likeness (QED) is 0.878. The highest BCUT2D eigenvalue weighted by atomic mass is 32.2. The Morgan fingerprint density at radius 2 is 2.05 bits per heavy atom. The van der Waals surface area contributed by atoms with Crippen LogP contribution in [0.4, 0.5) is 4.39 Å². The molecule has 2 rings (SSSR count). The van der Waals surface area contributed by atoms with Gasteiger partial charge in [-0.05, 0) is 30.2 Å². The summed E-state index contributed by atoms with van der Waals surface area (Å²) in [6.07, 6.45) is 1.50. The minimum absolute atomic E-state index is 0.0379. The van der Waals surface area contributed by atoms with Crippen LogP contribution in [0.15, 0.2) is 34.9 Å². The molecule has 1 heterocycles. The lowest BCUT2D eigenvalue weighted by Crippen LogP contribution is -2.22. The largest absolute Gasteiger partial charge is 0.480 e. The zero-order valence-corrected chi connectivity index (χ0v) is 12.6. The Kier molecular flexibility index (Phi) is 5.01. The molecule has 1 aromatic heterocycles. The Labute approximate surface area is 126 Å². The van der Waals surface area contributed by atoms with Crippen LogP contribution < -0.4 is 0 Å². The molecular weight excluding hydrogens is 293 g/mol. The number of carboxylic acids is 1. The van der Waals surface area contributed by atoms with Crippen molar-refractivity contribution in [3.05, 3.63) is 42.0 Å². The second kappa shape index (κ2) is 6.76. The van der Waals surface area contributed by atoms with E-state index in [1.165, 1.54) is 30.2 Å². The Bertz CT molecular complexity index is 610. The standard InChI is InChI=1S/C15H16FNO3S/c1-9(2)13(15(18)19)21-8-12-7-20-14(17-12)10-3-5-11(16)6-4-10/h3-7,9,13H,8H2,1-2H3,(H,18,19). The zero-order valence-electron chi connectivity index (χ0n) is 11.7. The van der Waals surface area contributed by atoms with Crippen LogP contribution in [0.25, 0.3) is 11.5 Å². The van der Waals surface area contributed by atoms with Crippen molar-refractivity contribution >= 4 is 17.7 Å². The lowest BCUT2D eigenvalue weighted by atomic mass is 10.1. The maximum Gasteiger partial charge on any atom is 0.316 e. The molecule has 0 aliphatic rings. The lowest BCUT2D eigenvalue weighted by molar-refractivity contribution is -0.137.